The predicted octanol–water partition coefficient (Wildman–Crippen LogP) is 3.19. The third-order valence-corrected chi connectivity index (χ3v) is 3.61. The number of hydrogen-bond acceptors (Lipinski definition) is 2. The second-order valence-electron chi connectivity index (χ2n) is 3.98. The van der Waals surface area contributed by atoms with Crippen molar-refractivity contribution in [2.24, 2.45) is 0 Å². The minimum absolute atomic E-state index is 0.178. The van der Waals surface area contributed by atoms with Gasteiger partial charge in [-0.3, -0.25) is 4.68 Å². The fourth-order valence-electron chi connectivity index (χ4n) is 1.64. The van der Waals surface area contributed by atoms with Crippen molar-refractivity contribution in [3.05, 3.63) is 40.2 Å². The van der Waals surface area contributed by atoms with Gasteiger partial charge in [0.2, 0.25) is 0 Å². The maximum atomic E-state index is 5.23. The van der Waals surface area contributed by atoms with Crippen LogP contribution in [0.15, 0.2) is 36.7 Å². The summed E-state index contributed by atoms with van der Waals surface area (Å²) in [5.41, 5.74) is 2.38. The molecule has 1 unspecified atom stereocenters. The van der Waals surface area contributed by atoms with Gasteiger partial charge in [0.1, 0.15) is 0 Å². The first-order valence-corrected chi connectivity index (χ1v) is 6.58. The molecule has 2 aromatic rings. The zero-order valence-corrected chi connectivity index (χ0v) is 12.1. The van der Waals surface area contributed by atoms with Crippen LogP contribution in [-0.4, -0.2) is 23.0 Å². The van der Waals surface area contributed by atoms with E-state index < -0.39 is 0 Å². The molecule has 1 atom stereocenters. The van der Waals surface area contributed by atoms with Crippen molar-refractivity contribution < 1.29 is 4.74 Å². The molecule has 4 heteroatoms. The molecule has 0 bridgehead atoms. The Balaban J connectivity index is 2.21. The molecule has 0 radical (unpaired) electrons. The summed E-state index contributed by atoms with van der Waals surface area (Å²) >= 11 is 2.34. The van der Waals surface area contributed by atoms with Crippen molar-refractivity contribution in [1.29, 1.82) is 0 Å². The van der Waals surface area contributed by atoms with Gasteiger partial charge in [-0.25, -0.2) is 0 Å². The van der Waals surface area contributed by atoms with E-state index >= 15 is 0 Å². The van der Waals surface area contributed by atoms with E-state index in [1.165, 1.54) is 9.13 Å². The first kappa shape index (κ1) is 12.6. The molecule has 17 heavy (non-hydrogen) atoms. The molecule has 2 rings (SSSR count). The van der Waals surface area contributed by atoms with Gasteiger partial charge in [0.25, 0.3) is 0 Å². The van der Waals surface area contributed by atoms with Gasteiger partial charge in [-0.05, 0) is 41.1 Å². The lowest BCUT2D eigenvalue weighted by atomic mass is 10.1. The molecule has 1 aromatic heterocycles. The number of ether oxygens (including phenoxy) is 1. The second kappa shape index (κ2) is 5.64. The summed E-state index contributed by atoms with van der Waals surface area (Å²) in [6, 6.07) is 8.31. The van der Waals surface area contributed by atoms with E-state index in [0.717, 1.165) is 12.1 Å². The lowest BCUT2D eigenvalue weighted by Crippen LogP contribution is -2.14. The minimum Gasteiger partial charge on any atom is -0.380 e. The van der Waals surface area contributed by atoms with E-state index in [1.807, 2.05) is 29.9 Å². The van der Waals surface area contributed by atoms with Crippen LogP contribution < -0.4 is 0 Å². The van der Waals surface area contributed by atoms with Crippen molar-refractivity contribution in [3.63, 3.8) is 0 Å². The fraction of sp³-hybridized carbons (Fsp3) is 0.308. The summed E-state index contributed by atoms with van der Waals surface area (Å²) in [5.74, 6) is 0. The molecule has 3 nitrogen and oxygen atoms in total. The summed E-state index contributed by atoms with van der Waals surface area (Å²) < 4.78 is 8.39. The molecular formula is C13H15IN2O. The molecule has 0 aliphatic carbocycles. The highest BCUT2D eigenvalue weighted by atomic mass is 127. The molecule has 1 aromatic carbocycles. The van der Waals surface area contributed by atoms with Crippen LogP contribution in [0.25, 0.3) is 11.1 Å². The minimum atomic E-state index is 0.178. The number of halogens is 1. The lowest BCUT2D eigenvalue weighted by molar-refractivity contribution is 0.0998. The van der Waals surface area contributed by atoms with Crippen LogP contribution >= 0.6 is 22.6 Å². The van der Waals surface area contributed by atoms with Gasteiger partial charge < -0.3 is 4.74 Å². The smallest absolute Gasteiger partial charge is 0.0739 e. The van der Waals surface area contributed by atoms with Crippen LogP contribution in [0, 0.1) is 3.57 Å². The van der Waals surface area contributed by atoms with Gasteiger partial charge in [0, 0.05) is 22.4 Å². The van der Waals surface area contributed by atoms with Crippen molar-refractivity contribution >= 4 is 22.6 Å². The topological polar surface area (TPSA) is 27.1 Å². The van der Waals surface area contributed by atoms with Crippen molar-refractivity contribution in [1.82, 2.24) is 9.78 Å². The number of hydrogen-bond donors (Lipinski definition) is 0. The van der Waals surface area contributed by atoms with E-state index in [4.69, 9.17) is 4.74 Å². The molecule has 90 valence electrons. The van der Waals surface area contributed by atoms with Crippen LogP contribution in [-0.2, 0) is 11.3 Å². The Labute approximate surface area is 115 Å². The molecule has 0 N–H and O–H groups in total. The molecule has 0 amide bonds. The van der Waals surface area contributed by atoms with Crippen molar-refractivity contribution in [2.45, 2.75) is 19.6 Å². The molecule has 0 aliphatic heterocycles. The number of aromatic nitrogens is 2. The first-order chi connectivity index (χ1) is 8.20. The van der Waals surface area contributed by atoms with E-state index in [2.05, 4.69) is 46.0 Å². The molecular weight excluding hydrogens is 327 g/mol. The monoisotopic (exact) mass is 342 g/mol. The van der Waals surface area contributed by atoms with Crippen LogP contribution in [0.3, 0.4) is 0 Å². The Bertz CT molecular complexity index is 496. The Morgan fingerprint density at radius 1 is 1.41 bits per heavy atom. The molecule has 0 aliphatic rings. The Morgan fingerprint density at radius 2 is 2.18 bits per heavy atom. The highest BCUT2D eigenvalue weighted by Gasteiger charge is 2.07. The molecule has 0 saturated heterocycles. The van der Waals surface area contributed by atoms with Crippen molar-refractivity contribution in [3.8, 4) is 11.1 Å². The van der Waals surface area contributed by atoms with E-state index in [-0.39, 0.29) is 6.10 Å². The van der Waals surface area contributed by atoms with Gasteiger partial charge in [-0.1, -0.05) is 18.2 Å². The molecule has 0 saturated carbocycles. The normalized spacial score (nSPS) is 12.6. The predicted molar refractivity (Wildman–Crippen MR) is 76.9 cm³/mol. The zero-order chi connectivity index (χ0) is 12.3. The Morgan fingerprint density at radius 3 is 2.88 bits per heavy atom. The lowest BCUT2D eigenvalue weighted by Gasteiger charge is -2.08. The van der Waals surface area contributed by atoms with Gasteiger partial charge >= 0.3 is 0 Å². The van der Waals surface area contributed by atoms with Gasteiger partial charge in [0.15, 0.2) is 0 Å². The van der Waals surface area contributed by atoms with Crippen LogP contribution in [0.2, 0.25) is 0 Å². The summed E-state index contributed by atoms with van der Waals surface area (Å²) in [7, 11) is 1.72. The summed E-state index contributed by atoms with van der Waals surface area (Å²) in [4.78, 5) is 0. The molecule has 0 fully saturated rings. The van der Waals surface area contributed by atoms with Crippen LogP contribution in [0.5, 0.6) is 0 Å². The maximum Gasteiger partial charge on any atom is 0.0739 e. The molecule has 1 heterocycles. The Hall–Kier alpha value is -0.880. The third-order valence-electron chi connectivity index (χ3n) is 2.66. The van der Waals surface area contributed by atoms with Crippen LogP contribution in [0.1, 0.15) is 6.92 Å². The van der Waals surface area contributed by atoms with E-state index in [0.29, 0.717) is 0 Å². The number of methoxy groups -OCH3 is 1. The highest BCUT2D eigenvalue weighted by molar-refractivity contribution is 14.1. The Kier molecular flexibility index (Phi) is 4.17. The second-order valence-corrected chi connectivity index (χ2v) is 5.14. The quantitative estimate of drug-likeness (QED) is 0.798. The number of rotatable bonds is 4. The average Bonchev–Trinajstić information content (AvgIpc) is 2.78. The maximum absolute atomic E-state index is 5.23. The summed E-state index contributed by atoms with van der Waals surface area (Å²) in [5, 5.41) is 4.35. The van der Waals surface area contributed by atoms with Crippen molar-refractivity contribution in [2.75, 3.05) is 7.11 Å². The van der Waals surface area contributed by atoms with E-state index in [9.17, 15) is 0 Å². The van der Waals surface area contributed by atoms with Crippen LogP contribution in [0.4, 0.5) is 0 Å². The summed E-state index contributed by atoms with van der Waals surface area (Å²) in [6.45, 7) is 2.81. The fourth-order valence-corrected chi connectivity index (χ4v) is 2.33. The number of benzene rings is 1. The van der Waals surface area contributed by atoms with E-state index in [1.54, 1.807) is 7.11 Å². The van der Waals surface area contributed by atoms with Gasteiger partial charge in [0.05, 0.1) is 18.8 Å². The average molecular weight is 342 g/mol. The number of nitrogens with zero attached hydrogens (tertiary/aromatic N) is 2. The standard InChI is InChI=1S/C13H15IN2O/c1-10(17-2)8-16-9-11(7-15-16)12-5-3-4-6-13(12)14/h3-7,9-10H,8H2,1-2H3. The molecule has 0 spiro atoms. The first-order valence-electron chi connectivity index (χ1n) is 5.51. The zero-order valence-electron chi connectivity index (χ0n) is 9.93. The highest BCUT2D eigenvalue weighted by Crippen LogP contribution is 2.24. The third kappa shape index (κ3) is 3.07. The largest absolute Gasteiger partial charge is 0.380 e. The van der Waals surface area contributed by atoms with Gasteiger partial charge in [-0.2, -0.15) is 5.10 Å². The SMILES string of the molecule is COC(C)Cn1cc(-c2ccccc2I)cn1. The van der Waals surface area contributed by atoms with Gasteiger partial charge in [-0.15, -0.1) is 0 Å². The summed E-state index contributed by atoms with van der Waals surface area (Å²) in [6.07, 6.45) is 4.14.